The van der Waals surface area contributed by atoms with Crippen molar-refractivity contribution in [2.24, 2.45) is 0 Å². The zero-order valence-corrected chi connectivity index (χ0v) is 19.4. The summed E-state index contributed by atoms with van der Waals surface area (Å²) in [6.45, 7) is 5.43. The zero-order valence-electron chi connectivity index (χ0n) is 18.6. The largest absolute Gasteiger partial charge is 0.494 e. The fourth-order valence-electron chi connectivity index (χ4n) is 3.88. The summed E-state index contributed by atoms with van der Waals surface area (Å²) in [6, 6.07) is 13.2. The smallest absolute Gasteiger partial charge is 0.242 e. The van der Waals surface area contributed by atoms with Crippen LogP contribution in [0.1, 0.15) is 36.9 Å². The second-order valence-corrected chi connectivity index (χ2v) is 10.1. The number of anilines is 1. The van der Waals surface area contributed by atoms with Gasteiger partial charge in [0.05, 0.1) is 18.0 Å². The first-order valence-corrected chi connectivity index (χ1v) is 12.0. The Kier molecular flexibility index (Phi) is 7.35. The number of nitrogens with zero attached hydrogens (tertiary/aromatic N) is 2. The van der Waals surface area contributed by atoms with Crippen LogP contribution >= 0.6 is 0 Å². The molecular weight excluding hydrogens is 414 g/mol. The van der Waals surface area contributed by atoms with Gasteiger partial charge in [-0.05, 0) is 68.6 Å². The van der Waals surface area contributed by atoms with Crippen LogP contribution in [0.5, 0.6) is 5.75 Å². The van der Waals surface area contributed by atoms with Crippen molar-refractivity contribution in [3.8, 4) is 5.75 Å². The van der Waals surface area contributed by atoms with E-state index in [1.54, 1.807) is 19.1 Å². The molecule has 1 N–H and O–H groups in total. The minimum atomic E-state index is -3.58. The van der Waals surface area contributed by atoms with E-state index in [9.17, 15) is 13.2 Å². The second kappa shape index (κ2) is 9.80. The molecule has 1 aliphatic heterocycles. The fraction of sp³-hybridized carbons (Fsp3) is 0.435. The average molecular weight is 446 g/mol. The summed E-state index contributed by atoms with van der Waals surface area (Å²) in [5, 5.41) is 2.86. The van der Waals surface area contributed by atoms with E-state index in [0.717, 1.165) is 25.1 Å². The summed E-state index contributed by atoms with van der Waals surface area (Å²) in [5.41, 5.74) is 2.29. The van der Waals surface area contributed by atoms with Crippen LogP contribution in [0.15, 0.2) is 47.4 Å². The number of rotatable bonds is 8. The van der Waals surface area contributed by atoms with Gasteiger partial charge < -0.3 is 10.1 Å². The van der Waals surface area contributed by atoms with Gasteiger partial charge in [0, 0.05) is 25.8 Å². The molecule has 0 aliphatic carbocycles. The first kappa shape index (κ1) is 23.2. The van der Waals surface area contributed by atoms with Crippen molar-refractivity contribution in [2.45, 2.75) is 37.6 Å². The van der Waals surface area contributed by atoms with Crippen LogP contribution in [-0.4, -0.2) is 57.3 Å². The van der Waals surface area contributed by atoms with Crippen LogP contribution in [0.2, 0.25) is 0 Å². The molecule has 1 heterocycles. The number of hydrogen-bond donors (Lipinski definition) is 1. The molecule has 1 unspecified atom stereocenters. The van der Waals surface area contributed by atoms with E-state index in [4.69, 9.17) is 4.74 Å². The Labute approximate surface area is 185 Å². The van der Waals surface area contributed by atoms with Crippen LogP contribution in [-0.2, 0) is 14.8 Å². The molecular formula is C23H31N3O4S. The van der Waals surface area contributed by atoms with Gasteiger partial charge in [-0.2, -0.15) is 0 Å². The molecule has 1 fully saturated rings. The number of nitrogens with one attached hydrogen (secondary N) is 1. The highest BCUT2D eigenvalue weighted by atomic mass is 32.2. The highest BCUT2D eigenvalue weighted by Gasteiger charge is 2.28. The number of sulfonamides is 1. The SMILES string of the molecule is CCOc1ccc(C2CCCN2CC(=O)Nc2ccc(C)c(S(=O)(=O)N(C)C)c2)cc1. The predicted molar refractivity (Wildman–Crippen MR) is 122 cm³/mol. The zero-order chi connectivity index (χ0) is 22.6. The van der Waals surface area contributed by atoms with E-state index in [-0.39, 0.29) is 23.4 Å². The number of likely N-dealkylation sites (tertiary alicyclic amines) is 1. The van der Waals surface area contributed by atoms with Crippen LogP contribution < -0.4 is 10.1 Å². The number of carbonyl (C=O) groups is 1. The first-order chi connectivity index (χ1) is 14.7. The summed E-state index contributed by atoms with van der Waals surface area (Å²) >= 11 is 0. The van der Waals surface area contributed by atoms with Crippen LogP contribution in [0.25, 0.3) is 0 Å². The van der Waals surface area contributed by atoms with Crippen LogP contribution in [0.4, 0.5) is 5.69 Å². The molecule has 8 heteroatoms. The molecule has 168 valence electrons. The van der Waals surface area contributed by atoms with Crippen molar-refractivity contribution in [2.75, 3.05) is 39.1 Å². The van der Waals surface area contributed by atoms with Gasteiger partial charge in [0.25, 0.3) is 0 Å². The maximum absolute atomic E-state index is 12.7. The minimum absolute atomic E-state index is 0.158. The van der Waals surface area contributed by atoms with E-state index in [1.807, 2.05) is 19.1 Å². The molecule has 1 aliphatic rings. The molecule has 0 spiro atoms. The van der Waals surface area contributed by atoms with E-state index in [2.05, 4.69) is 22.3 Å². The lowest BCUT2D eigenvalue weighted by molar-refractivity contribution is -0.117. The third-order valence-electron chi connectivity index (χ3n) is 5.52. The molecule has 7 nitrogen and oxygen atoms in total. The van der Waals surface area contributed by atoms with E-state index in [1.165, 1.54) is 30.0 Å². The third kappa shape index (κ3) is 5.44. The monoisotopic (exact) mass is 445 g/mol. The van der Waals surface area contributed by atoms with E-state index >= 15 is 0 Å². The molecule has 0 bridgehead atoms. The number of benzene rings is 2. The highest BCUT2D eigenvalue weighted by molar-refractivity contribution is 7.89. The summed E-state index contributed by atoms with van der Waals surface area (Å²) in [7, 11) is -0.590. The number of aryl methyl sites for hydroxylation is 1. The predicted octanol–water partition coefficient (Wildman–Crippen LogP) is 3.42. The standard InChI is InChI=1S/C23H31N3O4S/c1-5-30-20-12-9-18(10-13-20)21-7-6-14-26(21)16-23(27)24-19-11-8-17(2)22(15-19)31(28,29)25(3)4/h8-13,15,21H,5-7,14,16H2,1-4H3,(H,24,27). The molecule has 0 radical (unpaired) electrons. The number of ether oxygens (including phenoxy) is 1. The number of hydrogen-bond acceptors (Lipinski definition) is 5. The van der Waals surface area contributed by atoms with Crippen molar-refractivity contribution < 1.29 is 17.9 Å². The number of amides is 1. The quantitative estimate of drug-likeness (QED) is 0.674. The van der Waals surface area contributed by atoms with Crippen LogP contribution in [0.3, 0.4) is 0 Å². The van der Waals surface area contributed by atoms with Crippen molar-refractivity contribution in [1.82, 2.24) is 9.21 Å². The summed E-state index contributed by atoms with van der Waals surface area (Å²) in [4.78, 5) is 15.1. The number of carbonyl (C=O) groups excluding carboxylic acids is 1. The molecule has 3 rings (SSSR count). The van der Waals surface area contributed by atoms with Gasteiger partial charge in [0.15, 0.2) is 0 Å². The van der Waals surface area contributed by atoms with E-state index < -0.39 is 10.0 Å². The molecule has 1 atom stereocenters. The molecule has 31 heavy (non-hydrogen) atoms. The van der Waals surface area contributed by atoms with Gasteiger partial charge in [0.1, 0.15) is 5.75 Å². The minimum Gasteiger partial charge on any atom is -0.494 e. The Morgan fingerprint density at radius 2 is 1.90 bits per heavy atom. The third-order valence-corrected chi connectivity index (χ3v) is 7.47. The van der Waals surface area contributed by atoms with Crippen molar-refractivity contribution in [3.63, 3.8) is 0 Å². The van der Waals surface area contributed by atoms with Gasteiger partial charge in [-0.1, -0.05) is 18.2 Å². The van der Waals surface area contributed by atoms with Gasteiger partial charge >= 0.3 is 0 Å². The lowest BCUT2D eigenvalue weighted by Gasteiger charge is -2.24. The van der Waals surface area contributed by atoms with Crippen molar-refractivity contribution in [3.05, 3.63) is 53.6 Å². The topological polar surface area (TPSA) is 79.0 Å². The summed E-state index contributed by atoms with van der Waals surface area (Å²) in [6.07, 6.45) is 2.03. The van der Waals surface area contributed by atoms with Gasteiger partial charge in [-0.3, -0.25) is 9.69 Å². The normalized spacial score (nSPS) is 17.1. The van der Waals surface area contributed by atoms with Gasteiger partial charge in [-0.15, -0.1) is 0 Å². The second-order valence-electron chi connectivity index (χ2n) is 7.95. The molecule has 0 saturated carbocycles. The molecule has 0 aromatic heterocycles. The van der Waals surface area contributed by atoms with Crippen molar-refractivity contribution >= 4 is 21.6 Å². The molecule has 2 aromatic rings. The molecule has 1 amide bonds. The maximum atomic E-state index is 12.7. The average Bonchev–Trinajstić information content (AvgIpc) is 3.18. The van der Waals surface area contributed by atoms with Crippen molar-refractivity contribution in [1.29, 1.82) is 0 Å². The summed E-state index contributed by atoms with van der Waals surface area (Å²) < 4.78 is 31.7. The Morgan fingerprint density at radius 3 is 2.55 bits per heavy atom. The Balaban J connectivity index is 1.69. The van der Waals surface area contributed by atoms with E-state index in [0.29, 0.717) is 17.9 Å². The van der Waals surface area contributed by atoms with Crippen LogP contribution in [0, 0.1) is 6.92 Å². The summed E-state index contributed by atoms with van der Waals surface area (Å²) in [5.74, 6) is 0.686. The molecule has 2 aromatic carbocycles. The maximum Gasteiger partial charge on any atom is 0.242 e. The lowest BCUT2D eigenvalue weighted by Crippen LogP contribution is -2.33. The Bertz CT molecular complexity index is 1020. The first-order valence-electron chi connectivity index (χ1n) is 10.5. The Hall–Kier alpha value is -2.42. The van der Waals surface area contributed by atoms with Gasteiger partial charge in [-0.25, -0.2) is 12.7 Å². The fourth-order valence-corrected chi connectivity index (χ4v) is 5.03. The highest BCUT2D eigenvalue weighted by Crippen LogP contribution is 2.32. The lowest BCUT2D eigenvalue weighted by atomic mass is 10.0. The Morgan fingerprint density at radius 1 is 1.19 bits per heavy atom. The molecule has 1 saturated heterocycles. The van der Waals surface area contributed by atoms with Gasteiger partial charge in [0.2, 0.25) is 15.9 Å².